The molecule has 0 aromatic heterocycles. The van der Waals surface area contributed by atoms with Gasteiger partial charge in [0.25, 0.3) is 11.6 Å². The van der Waals surface area contributed by atoms with Crippen molar-refractivity contribution in [2.24, 2.45) is 0 Å². The first-order chi connectivity index (χ1) is 17.2. The second-order valence-corrected chi connectivity index (χ2v) is 9.02. The third-order valence-corrected chi connectivity index (χ3v) is 6.11. The molecule has 0 bridgehead atoms. The molecule has 0 spiro atoms. The van der Waals surface area contributed by atoms with Gasteiger partial charge in [0, 0.05) is 17.8 Å². The molecule has 3 rings (SSSR count). The molecule has 1 N–H and O–H groups in total. The molecule has 1 amide bonds. The predicted molar refractivity (Wildman–Crippen MR) is 146 cm³/mol. The SMILES string of the molecule is CCOc1cc(/C=C(\C#N)C(=O)Nc2ccc([N+](=O)[O-])cc2C)cc(I)c1OCc1ccccc1C. The molecule has 0 aliphatic carbocycles. The quantitative estimate of drug-likeness (QED) is 0.101. The third-order valence-electron chi connectivity index (χ3n) is 5.31. The zero-order valence-corrected chi connectivity index (χ0v) is 22.2. The Morgan fingerprint density at radius 3 is 2.53 bits per heavy atom. The highest BCUT2D eigenvalue weighted by atomic mass is 127. The summed E-state index contributed by atoms with van der Waals surface area (Å²) in [5.41, 5.74) is 3.47. The first kappa shape index (κ1) is 26.7. The van der Waals surface area contributed by atoms with Crippen LogP contribution in [0.5, 0.6) is 11.5 Å². The number of hydrogen-bond acceptors (Lipinski definition) is 6. The Morgan fingerprint density at radius 2 is 1.89 bits per heavy atom. The summed E-state index contributed by atoms with van der Waals surface area (Å²) in [4.78, 5) is 23.2. The summed E-state index contributed by atoms with van der Waals surface area (Å²) >= 11 is 2.14. The maximum atomic E-state index is 12.8. The number of non-ortho nitro benzene ring substituents is 1. The van der Waals surface area contributed by atoms with E-state index in [4.69, 9.17) is 9.47 Å². The first-order valence-corrected chi connectivity index (χ1v) is 12.1. The van der Waals surface area contributed by atoms with Crippen molar-refractivity contribution in [3.8, 4) is 17.6 Å². The van der Waals surface area contributed by atoms with Crippen LogP contribution in [0, 0.1) is 38.9 Å². The molecule has 3 aromatic carbocycles. The number of benzene rings is 3. The summed E-state index contributed by atoms with van der Waals surface area (Å²) in [5.74, 6) is 0.470. The number of rotatable bonds is 9. The molecule has 0 saturated heterocycles. The van der Waals surface area contributed by atoms with E-state index >= 15 is 0 Å². The smallest absolute Gasteiger partial charge is 0.269 e. The van der Waals surface area contributed by atoms with Crippen LogP contribution in [0.15, 0.2) is 60.2 Å². The number of nitro benzene ring substituents is 1. The number of ether oxygens (including phenoxy) is 2. The summed E-state index contributed by atoms with van der Waals surface area (Å²) in [5, 5.41) is 23.2. The van der Waals surface area contributed by atoms with Gasteiger partial charge in [-0.15, -0.1) is 0 Å². The molecule has 9 heteroatoms. The van der Waals surface area contributed by atoms with Gasteiger partial charge in [-0.2, -0.15) is 5.26 Å². The fraction of sp³-hybridized carbons (Fsp3) is 0.185. The Morgan fingerprint density at radius 1 is 1.14 bits per heavy atom. The molecule has 0 saturated carbocycles. The highest BCUT2D eigenvalue weighted by Gasteiger charge is 2.16. The van der Waals surface area contributed by atoms with Gasteiger partial charge in [0.05, 0.1) is 15.1 Å². The van der Waals surface area contributed by atoms with Crippen LogP contribution in [-0.2, 0) is 11.4 Å². The average molecular weight is 597 g/mol. The van der Waals surface area contributed by atoms with Gasteiger partial charge in [-0.1, -0.05) is 24.3 Å². The van der Waals surface area contributed by atoms with Crippen molar-refractivity contribution in [1.82, 2.24) is 0 Å². The Bertz CT molecular complexity index is 1380. The Balaban J connectivity index is 1.86. The minimum Gasteiger partial charge on any atom is -0.490 e. The van der Waals surface area contributed by atoms with Crippen LogP contribution in [-0.4, -0.2) is 17.4 Å². The summed E-state index contributed by atoms with van der Waals surface area (Å²) < 4.78 is 12.7. The van der Waals surface area contributed by atoms with Crippen molar-refractivity contribution >= 4 is 45.9 Å². The van der Waals surface area contributed by atoms with Crippen LogP contribution in [0.1, 0.15) is 29.2 Å². The van der Waals surface area contributed by atoms with Gasteiger partial charge in [0.2, 0.25) is 0 Å². The highest BCUT2D eigenvalue weighted by Crippen LogP contribution is 2.36. The van der Waals surface area contributed by atoms with Crippen LogP contribution in [0.2, 0.25) is 0 Å². The van der Waals surface area contributed by atoms with Gasteiger partial charge < -0.3 is 14.8 Å². The van der Waals surface area contributed by atoms with Gasteiger partial charge in [0.15, 0.2) is 11.5 Å². The van der Waals surface area contributed by atoms with Crippen LogP contribution < -0.4 is 14.8 Å². The molecular weight excluding hydrogens is 573 g/mol. The Hall–Kier alpha value is -3.91. The lowest BCUT2D eigenvalue weighted by atomic mass is 10.1. The standard InChI is InChI=1S/C27H24IN3O5/c1-4-35-25-14-19(13-23(28)26(25)36-16-20-8-6-5-7-17(20)2)12-21(15-29)27(32)30-24-10-9-22(31(33)34)11-18(24)3/h5-14H,4,16H2,1-3H3,(H,30,32)/b21-12+. The lowest BCUT2D eigenvalue weighted by Crippen LogP contribution is -2.14. The highest BCUT2D eigenvalue weighted by molar-refractivity contribution is 14.1. The van der Waals surface area contributed by atoms with Crippen LogP contribution in [0.25, 0.3) is 6.08 Å². The second kappa shape index (κ2) is 12.2. The average Bonchev–Trinajstić information content (AvgIpc) is 2.84. The number of carbonyl (C=O) groups is 1. The van der Waals surface area contributed by atoms with Crippen LogP contribution in [0.4, 0.5) is 11.4 Å². The van der Waals surface area contributed by atoms with Gasteiger partial charge >= 0.3 is 0 Å². The number of nitrogens with one attached hydrogen (secondary N) is 1. The minimum atomic E-state index is -0.623. The van der Waals surface area contributed by atoms with Crippen LogP contribution >= 0.6 is 22.6 Å². The summed E-state index contributed by atoms with van der Waals surface area (Å²) in [7, 11) is 0. The normalized spacial score (nSPS) is 10.9. The molecule has 0 unspecified atom stereocenters. The van der Waals surface area contributed by atoms with E-state index in [1.165, 1.54) is 24.3 Å². The molecule has 0 aliphatic rings. The van der Waals surface area contributed by atoms with Gasteiger partial charge in [-0.05, 0) is 89.9 Å². The van der Waals surface area contributed by atoms with E-state index in [9.17, 15) is 20.2 Å². The van der Waals surface area contributed by atoms with Crippen molar-refractivity contribution in [2.75, 3.05) is 11.9 Å². The molecule has 3 aromatic rings. The molecule has 184 valence electrons. The molecule has 36 heavy (non-hydrogen) atoms. The molecule has 0 aliphatic heterocycles. The van der Waals surface area contributed by atoms with E-state index < -0.39 is 10.8 Å². The van der Waals surface area contributed by atoms with E-state index in [0.717, 1.165) is 14.7 Å². The second-order valence-electron chi connectivity index (χ2n) is 7.86. The summed E-state index contributed by atoms with van der Waals surface area (Å²) in [6, 6.07) is 17.5. The summed E-state index contributed by atoms with van der Waals surface area (Å²) in [6.07, 6.45) is 1.46. The van der Waals surface area contributed by atoms with E-state index in [1.807, 2.05) is 44.2 Å². The molecule has 0 atom stereocenters. The van der Waals surface area contributed by atoms with E-state index in [2.05, 4.69) is 27.9 Å². The zero-order chi connectivity index (χ0) is 26.2. The van der Waals surface area contributed by atoms with E-state index in [0.29, 0.717) is 41.5 Å². The monoisotopic (exact) mass is 597 g/mol. The molecule has 0 heterocycles. The number of amides is 1. The number of hydrogen-bond donors (Lipinski definition) is 1. The summed E-state index contributed by atoms with van der Waals surface area (Å²) in [6.45, 7) is 6.31. The van der Waals surface area contributed by atoms with Crippen molar-refractivity contribution in [1.29, 1.82) is 5.26 Å². The van der Waals surface area contributed by atoms with Crippen molar-refractivity contribution in [3.63, 3.8) is 0 Å². The van der Waals surface area contributed by atoms with Gasteiger partial charge in [-0.3, -0.25) is 14.9 Å². The fourth-order valence-corrected chi connectivity index (χ4v) is 4.18. The third kappa shape index (κ3) is 6.60. The topological polar surface area (TPSA) is 114 Å². The number of nitrogens with zero attached hydrogens (tertiary/aromatic N) is 2. The molecule has 0 radical (unpaired) electrons. The van der Waals surface area contributed by atoms with Crippen molar-refractivity contribution in [2.45, 2.75) is 27.4 Å². The molecule has 8 nitrogen and oxygen atoms in total. The number of aryl methyl sites for hydroxylation is 2. The van der Waals surface area contributed by atoms with Gasteiger partial charge in [0.1, 0.15) is 18.2 Å². The molecule has 0 fully saturated rings. The lowest BCUT2D eigenvalue weighted by molar-refractivity contribution is -0.384. The number of halogens is 1. The largest absolute Gasteiger partial charge is 0.490 e. The predicted octanol–water partition coefficient (Wildman–Crippen LogP) is 6.34. The maximum absolute atomic E-state index is 12.8. The van der Waals surface area contributed by atoms with Crippen molar-refractivity contribution < 1.29 is 19.2 Å². The Kier molecular flexibility index (Phi) is 9.02. The number of anilines is 1. The first-order valence-electron chi connectivity index (χ1n) is 11.0. The zero-order valence-electron chi connectivity index (χ0n) is 20.0. The maximum Gasteiger partial charge on any atom is 0.269 e. The van der Waals surface area contributed by atoms with Gasteiger partial charge in [-0.25, -0.2) is 0 Å². The van der Waals surface area contributed by atoms with Crippen LogP contribution in [0.3, 0.4) is 0 Å². The Labute approximate surface area is 222 Å². The number of carbonyl (C=O) groups excluding carboxylic acids is 1. The van der Waals surface area contributed by atoms with E-state index in [1.54, 1.807) is 19.1 Å². The fourth-order valence-electron chi connectivity index (χ4n) is 3.40. The van der Waals surface area contributed by atoms with E-state index in [-0.39, 0.29) is 11.3 Å². The lowest BCUT2D eigenvalue weighted by Gasteiger charge is -2.16. The number of nitriles is 1. The molecular formula is C27H24IN3O5. The minimum absolute atomic E-state index is 0.0793. The van der Waals surface area contributed by atoms with Crippen molar-refractivity contribution in [3.05, 3.63) is 96.1 Å². The number of nitro groups is 1.